The molecule has 3 N–H and O–H groups in total. The zero-order chi connectivity index (χ0) is 18.0. The second-order valence-electron chi connectivity index (χ2n) is 6.27. The molecule has 3 rings (SSSR count). The maximum Gasteiger partial charge on any atom is 0.191 e. The highest BCUT2D eigenvalue weighted by molar-refractivity contribution is 14.0. The molecule has 27 heavy (non-hydrogen) atoms. The van der Waals surface area contributed by atoms with E-state index in [1.807, 2.05) is 23.1 Å². The zero-order valence-electron chi connectivity index (χ0n) is 15.8. The molecule has 0 spiro atoms. The lowest BCUT2D eigenvalue weighted by Crippen LogP contribution is -2.38. The molecule has 0 saturated carbocycles. The number of guanidine groups is 1. The van der Waals surface area contributed by atoms with Crippen LogP contribution in [0.15, 0.2) is 53.9 Å². The van der Waals surface area contributed by atoms with E-state index in [1.54, 1.807) is 0 Å². The predicted octanol–water partition coefficient (Wildman–Crippen LogP) is 3.56. The van der Waals surface area contributed by atoms with Crippen molar-refractivity contribution in [3.05, 3.63) is 54.5 Å². The number of H-pyrrole nitrogens is 1. The Morgan fingerprint density at radius 2 is 2.07 bits per heavy atom. The summed E-state index contributed by atoms with van der Waals surface area (Å²) in [5.74, 6) is 0.895. The molecule has 0 atom stereocenters. The fourth-order valence-corrected chi connectivity index (χ4v) is 3.02. The number of aromatic amines is 1. The second kappa shape index (κ2) is 11.6. The van der Waals surface area contributed by atoms with E-state index in [0.29, 0.717) is 0 Å². The van der Waals surface area contributed by atoms with Crippen LogP contribution < -0.4 is 10.6 Å². The van der Waals surface area contributed by atoms with Crippen molar-refractivity contribution in [1.29, 1.82) is 0 Å². The molecule has 6 nitrogen and oxygen atoms in total. The van der Waals surface area contributed by atoms with Gasteiger partial charge >= 0.3 is 0 Å². The minimum atomic E-state index is 0. The molecule has 7 heteroatoms. The number of hydrogen-bond donors (Lipinski definition) is 3. The van der Waals surface area contributed by atoms with Gasteiger partial charge in [0.15, 0.2) is 5.96 Å². The molecule has 0 radical (unpaired) electrons. The minimum absolute atomic E-state index is 0. The largest absolute Gasteiger partial charge is 0.361 e. The number of fused-ring (bicyclic) bond motifs is 1. The second-order valence-corrected chi connectivity index (χ2v) is 6.27. The van der Waals surface area contributed by atoms with E-state index < -0.39 is 0 Å². The van der Waals surface area contributed by atoms with E-state index in [-0.39, 0.29) is 24.0 Å². The van der Waals surface area contributed by atoms with Crippen LogP contribution in [0.2, 0.25) is 0 Å². The smallest absolute Gasteiger partial charge is 0.191 e. The van der Waals surface area contributed by atoms with E-state index in [4.69, 9.17) is 0 Å². The van der Waals surface area contributed by atoms with Crippen LogP contribution in [0, 0.1) is 0 Å². The minimum Gasteiger partial charge on any atom is -0.361 e. The van der Waals surface area contributed by atoms with Crippen LogP contribution in [0.25, 0.3) is 10.9 Å². The standard InChI is InChI=1S/C20H28N6.HI/c1-2-21-20(23-12-6-14-26-15-7-13-25-26)22-11-5-8-17-16-24-19-10-4-3-9-18(17)19;/h3-4,7,9-10,13,15-16,24H,2,5-6,8,11-12,14H2,1H3,(H2,21,22,23);1H. The molecule has 3 aromatic rings. The molecule has 146 valence electrons. The fraction of sp³-hybridized carbons (Fsp3) is 0.400. The molecule has 0 bridgehead atoms. The molecule has 0 aliphatic rings. The van der Waals surface area contributed by atoms with Crippen LogP contribution in [0.1, 0.15) is 25.3 Å². The number of aromatic nitrogens is 3. The monoisotopic (exact) mass is 480 g/mol. The highest BCUT2D eigenvalue weighted by Gasteiger charge is 2.03. The number of halogens is 1. The Labute approximate surface area is 177 Å². The number of nitrogens with one attached hydrogen (secondary N) is 3. The van der Waals surface area contributed by atoms with Gasteiger partial charge in [0.25, 0.3) is 0 Å². The molecule has 2 heterocycles. The summed E-state index contributed by atoms with van der Waals surface area (Å²) >= 11 is 0. The quantitative estimate of drug-likeness (QED) is 0.190. The predicted molar refractivity (Wildman–Crippen MR) is 123 cm³/mol. The van der Waals surface area contributed by atoms with E-state index >= 15 is 0 Å². The van der Waals surface area contributed by atoms with Crippen molar-refractivity contribution in [3.63, 3.8) is 0 Å². The van der Waals surface area contributed by atoms with Crippen molar-refractivity contribution in [2.75, 3.05) is 19.6 Å². The van der Waals surface area contributed by atoms with E-state index in [2.05, 4.69) is 63.1 Å². The topological polar surface area (TPSA) is 70.0 Å². The van der Waals surface area contributed by atoms with Gasteiger partial charge in [0.2, 0.25) is 0 Å². The molecule has 0 fully saturated rings. The van der Waals surface area contributed by atoms with Gasteiger partial charge in [-0.25, -0.2) is 0 Å². The van der Waals surface area contributed by atoms with Crippen LogP contribution in [0.4, 0.5) is 0 Å². The summed E-state index contributed by atoms with van der Waals surface area (Å²) in [6.07, 6.45) is 9.02. The third-order valence-electron chi connectivity index (χ3n) is 4.31. The van der Waals surface area contributed by atoms with Crippen LogP contribution >= 0.6 is 24.0 Å². The highest BCUT2D eigenvalue weighted by atomic mass is 127. The number of benzene rings is 1. The Morgan fingerprint density at radius 1 is 1.19 bits per heavy atom. The molecule has 1 aromatic carbocycles. The molecule has 0 amide bonds. The van der Waals surface area contributed by atoms with Gasteiger partial charge < -0.3 is 15.6 Å². The maximum atomic E-state index is 4.64. The van der Waals surface area contributed by atoms with Crippen molar-refractivity contribution in [2.24, 2.45) is 4.99 Å². The molecular weight excluding hydrogens is 451 g/mol. The Hall–Kier alpha value is -2.03. The van der Waals surface area contributed by atoms with E-state index in [9.17, 15) is 0 Å². The summed E-state index contributed by atoms with van der Waals surface area (Å²) in [5.41, 5.74) is 2.59. The van der Waals surface area contributed by atoms with Crippen LogP contribution in [0.5, 0.6) is 0 Å². The number of para-hydroxylation sites is 1. The lowest BCUT2D eigenvalue weighted by Gasteiger charge is -2.11. The van der Waals surface area contributed by atoms with Gasteiger partial charge in [0.05, 0.1) is 0 Å². The summed E-state index contributed by atoms with van der Waals surface area (Å²) in [7, 11) is 0. The normalized spacial score (nSPS) is 11.4. The lowest BCUT2D eigenvalue weighted by molar-refractivity contribution is 0.583. The third-order valence-corrected chi connectivity index (χ3v) is 4.31. The van der Waals surface area contributed by atoms with Crippen molar-refractivity contribution in [3.8, 4) is 0 Å². The first-order valence-corrected chi connectivity index (χ1v) is 9.41. The number of rotatable bonds is 9. The van der Waals surface area contributed by atoms with Gasteiger partial charge in [-0.3, -0.25) is 9.67 Å². The summed E-state index contributed by atoms with van der Waals surface area (Å²) < 4.78 is 1.94. The van der Waals surface area contributed by atoms with E-state index in [0.717, 1.165) is 51.4 Å². The SMILES string of the molecule is CCNC(=NCCCn1cccn1)NCCCc1c[nH]c2ccccc12.I. The number of nitrogens with zero attached hydrogens (tertiary/aromatic N) is 3. The van der Waals surface area contributed by atoms with Gasteiger partial charge in [-0.05, 0) is 43.9 Å². The van der Waals surface area contributed by atoms with Crippen molar-refractivity contribution >= 4 is 40.8 Å². The van der Waals surface area contributed by atoms with E-state index in [1.165, 1.54) is 16.5 Å². The molecular formula is C20H29IN6. The third kappa shape index (κ3) is 6.57. The first-order chi connectivity index (χ1) is 12.9. The molecule has 0 aliphatic carbocycles. The average molecular weight is 480 g/mol. The molecule has 0 aliphatic heterocycles. The number of aliphatic imine (C=N–C) groups is 1. The zero-order valence-corrected chi connectivity index (χ0v) is 18.1. The Balaban J connectivity index is 0.00000261. The Kier molecular flexibility index (Phi) is 9.17. The number of aryl methyl sites for hydroxylation is 2. The van der Waals surface area contributed by atoms with Gasteiger partial charge in [-0.2, -0.15) is 5.10 Å². The summed E-state index contributed by atoms with van der Waals surface area (Å²) in [6, 6.07) is 10.4. The maximum absolute atomic E-state index is 4.64. The van der Waals surface area contributed by atoms with Crippen LogP contribution in [-0.2, 0) is 13.0 Å². The van der Waals surface area contributed by atoms with Gasteiger partial charge in [0, 0.05) is 55.7 Å². The van der Waals surface area contributed by atoms with Gasteiger partial charge in [-0.1, -0.05) is 18.2 Å². The van der Waals surface area contributed by atoms with Crippen LogP contribution in [-0.4, -0.2) is 40.4 Å². The Bertz CT molecular complexity index is 809. The molecule has 0 unspecified atom stereocenters. The number of hydrogen-bond acceptors (Lipinski definition) is 2. The molecule has 0 saturated heterocycles. The fourth-order valence-electron chi connectivity index (χ4n) is 3.02. The highest BCUT2D eigenvalue weighted by Crippen LogP contribution is 2.18. The summed E-state index contributed by atoms with van der Waals surface area (Å²) in [6.45, 7) is 5.55. The van der Waals surface area contributed by atoms with Crippen molar-refractivity contribution in [1.82, 2.24) is 25.4 Å². The first-order valence-electron chi connectivity index (χ1n) is 9.41. The van der Waals surface area contributed by atoms with Crippen molar-refractivity contribution in [2.45, 2.75) is 32.7 Å². The van der Waals surface area contributed by atoms with Gasteiger partial charge in [0.1, 0.15) is 0 Å². The Morgan fingerprint density at radius 3 is 2.89 bits per heavy atom. The molecule has 2 aromatic heterocycles. The van der Waals surface area contributed by atoms with Crippen LogP contribution in [0.3, 0.4) is 0 Å². The average Bonchev–Trinajstić information content (AvgIpc) is 3.32. The summed E-state index contributed by atoms with van der Waals surface area (Å²) in [4.78, 5) is 7.98. The summed E-state index contributed by atoms with van der Waals surface area (Å²) in [5, 5.41) is 12.3. The van der Waals surface area contributed by atoms with Gasteiger partial charge in [-0.15, -0.1) is 24.0 Å². The lowest BCUT2D eigenvalue weighted by atomic mass is 10.1. The first kappa shape index (κ1) is 21.3. The van der Waals surface area contributed by atoms with Crippen molar-refractivity contribution < 1.29 is 0 Å².